The van der Waals surface area contributed by atoms with Crippen LogP contribution in [0.3, 0.4) is 0 Å². The molecule has 0 unspecified atom stereocenters. The van der Waals surface area contributed by atoms with Gasteiger partial charge in [0.15, 0.2) is 0 Å². The van der Waals surface area contributed by atoms with Gasteiger partial charge in [0, 0.05) is 10.6 Å². The fourth-order valence-electron chi connectivity index (χ4n) is 1.05. The molecule has 1 aromatic heterocycles. The molecular formula is C7H5Cl2N5. The SMILES string of the molecule is Nc1c(Cl)cc(Cl)cc1-c1nn[nH]n1. The largest absolute Gasteiger partial charge is 0.397 e. The highest BCUT2D eigenvalue weighted by Crippen LogP contribution is 2.32. The van der Waals surface area contributed by atoms with Gasteiger partial charge < -0.3 is 5.73 Å². The van der Waals surface area contributed by atoms with Gasteiger partial charge in [-0.1, -0.05) is 23.2 Å². The van der Waals surface area contributed by atoms with Gasteiger partial charge in [-0.05, 0) is 17.3 Å². The number of nitrogens with one attached hydrogen (secondary N) is 1. The van der Waals surface area contributed by atoms with Crippen molar-refractivity contribution in [3.8, 4) is 11.4 Å². The first-order valence-electron chi connectivity index (χ1n) is 3.67. The van der Waals surface area contributed by atoms with Crippen molar-refractivity contribution in [2.24, 2.45) is 0 Å². The van der Waals surface area contributed by atoms with E-state index in [2.05, 4.69) is 20.6 Å². The summed E-state index contributed by atoms with van der Waals surface area (Å²) in [5.74, 6) is 0.368. The minimum atomic E-state index is 0.368. The van der Waals surface area contributed by atoms with Crippen LogP contribution in [0, 0.1) is 0 Å². The van der Waals surface area contributed by atoms with Gasteiger partial charge >= 0.3 is 0 Å². The average molecular weight is 230 g/mol. The Morgan fingerprint density at radius 1 is 1.29 bits per heavy atom. The molecule has 2 rings (SSSR count). The molecule has 0 fully saturated rings. The number of H-pyrrole nitrogens is 1. The van der Waals surface area contributed by atoms with E-state index in [0.29, 0.717) is 27.1 Å². The number of nitrogen functional groups attached to an aromatic ring is 1. The number of halogens is 2. The first-order valence-corrected chi connectivity index (χ1v) is 4.42. The minimum Gasteiger partial charge on any atom is -0.397 e. The van der Waals surface area contributed by atoms with Crippen molar-refractivity contribution in [2.75, 3.05) is 5.73 Å². The molecule has 0 saturated carbocycles. The highest BCUT2D eigenvalue weighted by Gasteiger charge is 2.11. The number of hydrogen-bond acceptors (Lipinski definition) is 4. The maximum atomic E-state index is 5.84. The number of nitrogens with zero attached hydrogens (tertiary/aromatic N) is 3. The van der Waals surface area contributed by atoms with Gasteiger partial charge in [0.05, 0.1) is 10.7 Å². The molecule has 0 aliphatic heterocycles. The van der Waals surface area contributed by atoms with Gasteiger partial charge in [0.2, 0.25) is 5.82 Å². The number of aromatic nitrogens is 4. The molecule has 2 aromatic rings. The Balaban J connectivity index is 2.64. The summed E-state index contributed by atoms with van der Waals surface area (Å²) in [5, 5.41) is 14.2. The predicted octanol–water partition coefficient (Wildman–Crippen LogP) is 1.76. The summed E-state index contributed by atoms with van der Waals surface area (Å²) in [5.41, 5.74) is 6.68. The summed E-state index contributed by atoms with van der Waals surface area (Å²) in [7, 11) is 0. The Labute approximate surface area is 89.2 Å². The van der Waals surface area contributed by atoms with E-state index in [4.69, 9.17) is 28.9 Å². The number of hydrogen-bond donors (Lipinski definition) is 2. The van der Waals surface area contributed by atoms with Crippen molar-refractivity contribution >= 4 is 28.9 Å². The van der Waals surface area contributed by atoms with Crippen molar-refractivity contribution in [3.05, 3.63) is 22.2 Å². The van der Waals surface area contributed by atoms with Crippen LogP contribution >= 0.6 is 23.2 Å². The van der Waals surface area contributed by atoms with Crippen LogP contribution in [0.5, 0.6) is 0 Å². The molecule has 0 saturated heterocycles. The molecule has 0 atom stereocenters. The molecule has 14 heavy (non-hydrogen) atoms. The van der Waals surface area contributed by atoms with Gasteiger partial charge in [0.25, 0.3) is 0 Å². The zero-order valence-electron chi connectivity index (χ0n) is 6.83. The number of tetrazole rings is 1. The fourth-order valence-corrected chi connectivity index (χ4v) is 1.54. The second-order valence-electron chi connectivity index (χ2n) is 2.58. The van der Waals surface area contributed by atoms with Gasteiger partial charge in [-0.25, -0.2) is 0 Å². The van der Waals surface area contributed by atoms with Gasteiger partial charge in [0.1, 0.15) is 0 Å². The molecule has 5 nitrogen and oxygen atoms in total. The third kappa shape index (κ3) is 1.51. The van der Waals surface area contributed by atoms with Gasteiger partial charge in [-0.15, -0.1) is 10.2 Å². The number of rotatable bonds is 1. The van der Waals surface area contributed by atoms with Gasteiger partial charge in [-0.2, -0.15) is 5.21 Å². The molecule has 7 heteroatoms. The molecule has 1 heterocycles. The standard InChI is InChI=1S/C7H5Cl2N5/c8-3-1-4(6(10)5(9)2-3)7-11-13-14-12-7/h1-2H,10H2,(H,11,12,13,14). The predicted molar refractivity (Wildman–Crippen MR) is 54.0 cm³/mol. The third-order valence-electron chi connectivity index (χ3n) is 1.68. The topological polar surface area (TPSA) is 80.5 Å². The van der Waals surface area contributed by atoms with Crippen LogP contribution in [0.4, 0.5) is 5.69 Å². The monoisotopic (exact) mass is 229 g/mol. The maximum Gasteiger partial charge on any atom is 0.206 e. The van der Waals surface area contributed by atoms with Crippen LogP contribution in [0.15, 0.2) is 12.1 Å². The van der Waals surface area contributed by atoms with Crippen LogP contribution in [0.2, 0.25) is 10.0 Å². The van der Waals surface area contributed by atoms with Gasteiger partial charge in [-0.3, -0.25) is 0 Å². The Morgan fingerprint density at radius 2 is 2.07 bits per heavy atom. The summed E-state index contributed by atoms with van der Waals surface area (Å²) < 4.78 is 0. The quantitative estimate of drug-likeness (QED) is 0.731. The molecule has 1 aromatic carbocycles. The molecule has 0 aliphatic rings. The molecule has 0 radical (unpaired) electrons. The lowest BCUT2D eigenvalue weighted by atomic mass is 10.2. The lowest BCUT2D eigenvalue weighted by Crippen LogP contribution is -1.93. The number of aromatic amines is 1. The summed E-state index contributed by atoms with van der Waals surface area (Å²) in [6, 6.07) is 3.19. The molecular weight excluding hydrogens is 225 g/mol. The molecule has 0 amide bonds. The number of benzene rings is 1. The van der Waals surface area contributed by atoms with Crippen LogP contribution < -0.4 is 5.73 Å². The fraction of sp³-hybridized carbons (Fsp3) is 0. The molecule has 0 spiro atoms. The Hall–Kier alpha value is -1.33. The number of nitrogens with two attached hydrogens (primary N) is 1. The molecule has 0 bridgehead atoms. The summed E-state index contributed by atoms with van der Waals surface area (Å²) in [6.45, 7) is 0. The van der Waals surface area contributed by atoms with Crippen molar-refractivity contribution in [1.29, 1.82) is 0 Å². The van der Waals surface area contributed by atoms with E-state index in [1.807, 2.05) is 0 Å². The van der Waals surface area contributed by atoms with Crippen molar-refractivity contribution in [1.82, 2.24) is 20.6 Å². The van der Waals surface area contributed by atoms with Crippen molar-refractivity contribution in [3.63, 3.8) is 0 Å². The van der Waals surface area contributed by atoms with Crippen LogP contribution in [0.25, 0.3) is 11.4 Å². The van der Waals surface area contributed by atoms with Crippen LogP contribution in [-0.2, 0) is 0 Å². The summed E-state index contributed by atoms with van der Waals surface area (Å²) >= 11 is 11.7. The van der Waals surface area contributed by atoms with E-state index in [9.17, 15) is 0 Å². The van der Waals surface area contributed by atoms with E-state index in [0.717, 1.165) is 0 Å². The van der Waals surface area contributed by atoms with Crippen molar-refractivity contribution < 1.29 is 0 Å². The minimum absolute atomic E-state index is 0.368. The highest BCUT2D eigenvalue weighted by molar-refractivity contribution is 6.37. The normalized spacial score (nSPS) is 10.4. The number of anilines is 1. The molecule has 72 valence electrons. The van der Waals surface area contributed by atoms with Crippen molar-refractivity contribution in [2.45, 2.75) is 0 Å². The van der Waals surface area contributed by atoms with E-state index < -0.39 is 0 Å². The first-order chi connectivity index (χ1) is 6.68. The highest BCUT2D eigenvalue weighted by atomic mass is 35.5. The lowest BCUT2D eigenvalue weighted by molar-refractivity contribution is 0.881. The maximum absolute atomic E-state index is 5.84. The second-order valence-corrected chi connectivity index (χ2v) is 3.43. The Kier molecular flexibility index (Phi) is 2.26. The zero-order chi connectivity index (χ0) is 10.1. The summed E-state index contributed by atoms with van der Waals surface area (Å²) in [6.07, 6.45) is 0. The van der Waals surface area contributed by atoms with E-state index in [1.54, 1.807) is 12.1 Å². The van der Waals surface area contributed by atoms with Crippen LogP contribution in [0.1, 0.15) is 0 Å². The van der Waals surface area contributed by atoms with Crippen LogP contribution in [-0.4, -0.2) is 20.6 Å². The molecule has 3 N–H and O–H groups in total. The zero-order valence-corrected chi connectivity index (χ0v) is 8.34. The summed E-state index contributed by atoms with van der Waals surface area (Å²) in [4.78, 5) is 0. The first kappa shape index (κ1) is 9.23. The lowest BCUT2D eigenvalue weighted by Gasteiger charge is -2.03. The average Bonchev–Trinajstić information content (AvgIpc) is 2.63. The van der Waals surface area contributed by atoms with E-state index in [-0.39, 0.29) is 0 Å². The Bertz CT molecular complexity index is 453. The second kappa shape index (κ2) is 3.43. The van der Waals surface area contributed by atoms with E-state index >= 15 is 0 Å². The Morgan fingerprint density at radius 3 is 2.71 bits per heavy atom. The smallest absolute Gasteiger partial charge is 0.206 e. The van der Waals surface area contributed by atoms with E-state index in [1.165, 1.54) is 0 Å². The third-order valence-corrected chi connectivity index (χ3v) is 2.21. The molecule has 0 aliphatic carbocycles.